The Labute approximate surface area is 211 Å². The number of Topliss-reactive ketones (excluding diaryl/α,β-unsaturated/α-hetero) is 1. The van der Waals surface area contributed by atoms with Crippen LogP contribution in [0.1, 0.15) is 31.1 Å². The van der Waals surface area contributed by atoms with Crippen molar-refractivity contribution in [3.8, 4) is 0 Å². The highest BCUT2D eigenvalue weighted by molar-refractivity contribution is 7.95. The zero-order valence-electron chi connectivity index (χ0n) is 19.4. The molecule has 10 nitrogen and oxygen atoms in total. The van der Waals surface area contributed by atoms with Crippen LogP contribution in [0.15, 0.2) is 57.0 Å². The maximum absolute atomic E-state index is 15.5. The van der Waals surface area contributed by atoms with Crippen molar-refractivity contribution in [1.82, 2.24) is 15.5 Å². The fourth-order valence-electron chi connectivity index (χ4n) is 3.63. The lowest BCUT2D eigenvalue weighted by atomic mass is 9.92. The van der Waals surface area contributed by atoms with Crippen molar-refractivity contribution in [3.63, 3.8) is 0 Å². The molecular weight excluding hydrogens is 535 g/mol. The first-order chi connectivity index (χ1) is 16.6. The van der Waals surface area contributed by atoms with Crippen LogP contribution in [0.3, 0.4) is 0 Å². The van der Waals surface area contributed by atoms with E-state index in [4.69, 9.17) is 21.9 Å². The number of hydrogen-bond acceptors (Lipinski definition) is 10. The van der Waals surface area contributed by atoms with Gasteiger partial charge in [0.05, 0.1) is 22.9 Å². The fraction of sp³-hybridized carbons (Fsp3) is 0.318. The van der Waals surface area contributed by atoms with Crippen LogP contribution in [0.5, 0.6) is 0 Å². The van der Waals surface area contributed by atoms with Gasteiger partial charge in [0.2, 0.25) is 17.7 Å². The predicted molar refractivity (Wildman–Crippen MR) is 130 cm³/mol. The van der Waals surface area contributed by atoms with Crippen molar-refractivity contribution in [2.45, 2.75) is 31.1 Å². The summed E-state index contributed by atoms with van der Waals surface area (Å²) in [6.07, 6.45) is 2.24. The first-order valence-electron chi connectivity index (χ1n) is 10.5. The average molecular weight is 557 g/mol. The van der Waals surface area contributed by atoms with Crippen LogP contribution in [0.25, 0.3) is 5.57 Å². The summed E-state index contributed by atoms with van der Waals surface area (Å²) in [5.41, 5.74) is 6.01. The molecule has 0 spiro atoms. The van der Waals surface area contributed by atoms with E-state index in [9.17, 15) is 21.6 Å². The number of hydrogen-bond donors (Lipinski definition) is 2. The van der Waals surface area contributed by atoms with E-state index in [1.165, 1.54) is 19.9 Å². The molecule has 0 bridgehead atoms. The van der Waals surface area contributed by atoms with Crippen LogP contribution < -0.4 is 11.1 Å². The number of benzene rings is 1. The summed E-state index contributed by atoms with van der Waals surface area (Å²) in [4.78, 5) is 17.1. The Morgan fingerprint density at radius 1 is 1.28 bits per heavy atom. The Bertz CT molecular complexity index is 1570. The Balaban J connectivity index is 1.91. The van der Waals surface area contributed by atoms with Crippen LogP contribution in [0.4, 0.5) is 4.39 Å². The zero-order chi connectivity index (χ0) is 26.6. The van der Waals surface area contributed by atoms with Crippen molar-refractivity contribution < 1.29 is 30.5 Å². The Morgan fingerprint density at radius 3 is 2.53 bits per heavy atom. The van der Waals surface area contributed by atoms with Crippen LogP contribution >= 0.6 is 11.6 Å². The van der Waals surface area contributed by atoms with Crippen molar-refractivity contribution in [1.29, 1.82) is 0 Å². The van der Waals surface area contributed by atoms with Gasteiger partial charge in [-0.2, -0.15) is 9.37 Å². The highest BCUT2D eigenvalue weighted by Crippen LogP contribution is 2.36. The quantitative estimate of drug-likeness (QED) is 0.520. The molecule has 36 heavy (non-hydrogen) atoms. The van der Waals surface area contributed by atoms with E-state index < -0.39 is 53.0 Å². The Morgan fingerprint density at radius 2 is 1.92 bits per heavy atom. The van der Waals surface area contributed by atoms with Crippen LogP contribution in [-0.4, -0.2) is 50.8 Å². The molecule has 192 valence electrons. The number of halogens is 2. The van der Waals surface area contributed by atoms with E-state index in [0.29, 0.717) is 10.6 Å². The molecule has 0 unspecified atom stereocenters. The number of carbonyl (C=O) groups is 1. The second-order valence-corrected chi connectivity index (χ2v) is 14.0. The van der Waals surface area contributed by atoms with Crippen LogP contribution in [0.2, 0.25) is 5.02 Å². The summed E-state index contributed by atoms with van der Waals surface area (Å²) in [6, 6.07) is 5.24. The standard InChI is InChI=1S/C22H22ClFN4O6S2/c1-22(2,35(3,30)31)21-27-19(28-34-21)14-9-12(8-11-4-6-13(23)7-5-11)16-17(29)15(25)10-36(32,33)20(16)26-18(14)24/h4-7,9,15,26H,8,10,25H2,1-3H3/t15-/m0/s1. The third kappa shape index (κ3) is 4.63. The summed E-state index contributed by atoms with van der Waals surface area (Å²) < 4.78 is 69.2. The van der Waals surface area contributed by atoms with Gasteiger partial charge in [0, 0.05) is 11.3 Å². The SMILES string of the molecule is CC(C)(c1nc(C2=C(F)NC3=C(C(=O)[C@@H](N)CS3(=O)=O)C(Cc3ccc(Cl)cc3)=C2)no1)S(C)(=O)=O. The number of ketones is 1. The van der Waals surface area contributed by atoms with Crippen LogP contribution in [0, 0.1) is 0 Å². The average Bonchev–Trinajstić information content (AvgIpc) is 3.21. The van der Waals surface area contributed by atoms with E-state index >= 15 is 4.39 Å². The van der Waals surface area contributed by atoms with Gasteiger partial charge in [-0.1, -0.05) is 28.9 Å². The van der Waals surface area contributed by atoms with Gasteiger partial charge in [-0.15, -0.1) is 0 Å². The molecule has 1 aromatic carbocycles. The molecule has 1 aromatic heterocycles. The minimum atomic E-state index is -4.15. The summed E-state index contributed by atoms with van der Waals surface area (Å²) >= 11 is 5.95. The molecule has 1 atom stereocenters. The maximum atomic E-state index is 15.5. The first kappa shape index (κ1) is 26.2. The predicted octanol–water partition coefficient (Wildman–Crippen LogP) is 1.95. The summed E-state index contributed by atoms with van der Waals surface area (Å²) in [6.45, 7) is 2.70. The van der Waals surface area contributed by atoms with Gasteiger partial charge >= 0.3 is 0 Å². The Kier molecular flexibility index (Phi) is 6.48. The van der Waals surface area contributed by atoms with Crippen molar-refractivity contribution >= 4 is 42.6 Å². The third-order valence-electron chi connectivity index (χ3n) is 6.04. The molecule has 14 heteroatoms. The van der Waals surface area contributed by atoms with Crippen molar-refractivity contribution in [2.24, 2.45) is 5.73 Å². The lowest BCUT2D eigenvalue weighted by molar-refractivity contribution is -0.116. The lowest BCUT2D eigenvalue weighted by Crippen LogP contribution is -2.45. The highest BCUT2D eigenvalue weighted by atomic mass is 35.5. The first-order valence-corrected chi connectivity index (χ1v) is 14.5. The van der Waals surface area contributed by atoms with Crippen molar-refractivity contribution in [3.05, 3.63) is 74.8 Å². The molecule has 2 aliphatic heterocycles. The van der Waals surface area contributed by atoms with Gasteiger partial charge in [-0.25, -0.2) is 16.8 Å². The zero-order valence-corrected chi connectivity index (χ0v) is 21.8. The monoisotopic (exact) mass is 556 g/mol. The van der Waals surface area contributed by atoms with E-state index in [-0.39, 0.29) is 34.9 Å². The van der Waals surface area contributed by atoms with Gasteiger partial charge in [-0.3, -0.25) is 4.79 Å². The number of aromatic nitrogens is 2. The normalized spacial score (nSPS) is 20.6. The number of nitrogens with zero attached hydrogens (tertiary/aromatic N) is 2. The molecule has 0 aliphatic carbocycles. The molecular formula is C22H22ClFN4O6S2. The topological polar surface area (TPSA) is 162 Å². The Hall–Kier alpha value is -2.87. The number of nitrogens with two attached hydrogens (primary N) is 1. The summed E-state index contributed by atoms with van der Waals surface area (Å²) in [7, 11) is -7.84. The van der Waals surface area contributed by atoms with E-state index in [1.807, 2.05) is 0 Å². The largest absolute Gasteiger partial charge is 0.337 e. The summed E-state index contributed by atoms with van der Waals surface area (Å²) in [5, 5.41) is 5.77. The molecule has 0 saturated heterocycles. The van der Waals surface area contributed by atoms with Gasteiger partial charge in [-0.05, 0) is 49.6 Å². The second-order valence-electron chi connectivity index (χ2n) is 8.99. The lowest BCUT2D eigenvalue weighted by Gasteiger charge is -2.24. The molecule has 3 N–H and O–H groups in total. The minimum Gasteiger partial charge on any atom is -0.337 e. The molecule has 0 radical (unpaired) electrons. The number of carbonyl (C=O) groups excluding carboxylic acids is 1. The van der Waals surface area contributed by atoms with E-state index in [0.717, 1.165) is 6.26 Å². The van der Waals surface area contributed by atoms with Gasteiger partial charge in [0.1, 0.15) is 9.78 Å². The van der Waals surface area contributed by atoms with E-state index in [1.54, 1.807) is 24.3 Å². The maximum Gasteiger partial charge on any atom is 0.247 e. The number of sulfone groups is 2. The molecule has 4 rings (SSSR count). The molecule has 2 aromatic rings. The smallest absolute Gasteiger partial charge is 0.247 e. The van der Waals surface area contributed by atoms with Crippen molar-refractivity contribution in [2.75, 3.05) is 12.0 Å². The van der Waals surface area contributed by atoms with Gasteiger partial charge in [0.25, 0.3) is 0 Å². The van der Waals surface area contributed by atoms with Crippen LogP contribution in [-0.2, 0) is 35.6 Å². The number of nitrogens with one attached hydrogen (secondary N) is 1. The van der Waals surface area contributed by atoms with Gasteiger partial charge < -0.3 is 15.6 Å². The van der Waals surface area contributed by atoms with E-state index in [2.05, 4.69) is 15.5 Å². The number of rotatable bonds is 5. The number of allylic oxidation sites excluding steroid dienone is 3. The molecule has 0 saturated carbocycles. The van der Waals surface area contributed by atoms with Gasteiger partial charge in [0.15, 0.2) is 25.5 Å². The molecule has 0 amide bonds. The molecule has 3 heterocycles. The molecule has 2 aliphatic rings. The summed E-state index contributed by atoms with van der Waals surface area (Å²) in [5.74, 6) is -3.16. The fourth-order valence-corrected chi connectivity index (χ4v) is 5.73. The third-order valence-corrected chi connectivity index (χ3v) is 10.0. The highest BCUT2D eigenvalue weighted by Gasteiger charge is 2.42. The minimum absolute atomic E-state index is 0.0159. The molecule has 0 fully saturated rings. The second kappa shape index (κ2) is 8.91.